The molecule has 6 heteroatoms. The van der Waals surface area contributed by atoms with Crippen molar-refractivity contribution in [3.63, 3.8) is 0 Å². The van der Waals surface area contributed by atoms with E-state index in [1.165, 1.54) is 12.1 Å². The smallest absolute Gasteiger partial charge is 0.238 e. The molecule has 0 fully saturated rings. The number of anilines is 1. The van der Waals surface area contributed by atoms with Gasteiger partial charge in [0.2, 0.25) is 15.7 Å². The van der Waals surface area contributed by atoms with Gasteiger partial charge in [-0.2, -0.15) is 0 Å². The van der Waals surface area contributed by atoms with E-state index in [9.17, 15) is 13.2 Å². The summed E-state index contributed by atoms with van der Waals surface area (Å²) in [6, 6.07) is 12.9. The van der Waals surface area contributed by atoms with Crippen molar-refractivity contribution in [3.8, 4) is 0 Å². The van der Waals surface area contributed by atoms with Crippen molar-refractivity contribution in [1.29, 1.82) is 0 Å². The van der Waals surface area contributed by atoms with Crippen molar-refractivity contribution in [2.24, 2.45) is 5.73 Å². The average Bonchev–Trinajstić information content (AvgIpc) is 2.47. The highest BCUT2D eigenvalue weighted by atomic mass is 32.2. The van der Waals surface area contributed by atoms with Crippen LogP contribution in [-0.2, 0) is 14.6 Å². The van der Waals surface area contributed by atoms with E-state index in [0.717, 1.165) is 0 Å². The molecule has 2 aromatic carbocycles. The highest BCUT2D eigenvalue weighted by Gasteiger charge is 2.19. The second kappa shape index (κ2) is 6.07. The van der Waals surface area contributed by atoms with Crippen molar-refractivity contribution >= 4 is 21.4 Å². The molecular formula is C15H16N2O3S. The summed E-state index contributed by atoms with van der Waals surface area (Å²) in [5.74, 6) is -0.375. The number of sulfone groups is 1. The van der Waals surface area contributed by atoms with E-state index in [-0.39, 0.29) is 22.2 Å². The molecule has 0 spiro atoms. The summed E-state index contributed by atoms with van der Waals surface area (Å²) >= 11 is 0. The molecule has 1 amide bonds. The highest BCUT2D eigenvalue weighted by molar-refractivity contribution is 7.91. The van der Waals surface area contributed by atoms with E-state index < -0.39 is 9.84 Å². The number of nitrogens with one attached hydrogen (secondary N) is 1. The Balaban J connectivity index is 2.44. The largest absolute Gasteiger partial charge is 0.325 e. The third-order valence-corrected chi connectivity index (χ3v) is 4.91. The van der Waals surface area contributed by atoms with Crippen LogP contribution in [-0.4, -0.2) is 20.9 Å². The first-order chi connectivity index (χ1) is 9.95. The molecule has 21 heavy (non-hydrogen) atoms. The molecular weight excluding hydrogens is 288 g/mol. The summed E-state index contributed by atoms with van der Waals surface area (Å²) in [7, 11) is -3.62. The van der Waals surface area contributed by atoms with Crippen LogP contribution in [0, 0.1) is 6.92 Å². The van der Waals surface area contributed by atoms with Crippen LogP contribution in [0.4, 0.5) is 5.69 Å². The van der Waals surface area contributed by atoms with Crippen molar-refractivity contribution < 1.29 is 13.2 Å². The molecule has 2 aromatic rings. The minimum absolute atomic E-state index is 0.131. The summed E-state index contributed by atoms with van der Waals surface area (Å²) in [5.41, 5.74) is 6.30. The molecule has 0 atom stereocenters. The number of carbonyl (C=O) groups is 1. The maximum Gasteiger partial charge on any atom is 0.238 e. The Kier molecular flexibility index (Phi) is 4.40. The topological polar surface area (TPSA) is 89.3 Å². The number of hydrogen-bond acceptors (Lipinski definition) is 4. The van der Waals surface area contributed by atoms with Crippen LogP contribution in [0.3, 0.4) is 0 Å². The lowest BCUT2D eigenvalue weighted by Gasteiger charge is -2.09. The van der Waals surface area contributed by atoms with Crippen LogP contribution < -0.4 is 11.1 Å². The van der Waals surface area contributed by atoms with Gasteiger partial charge in [-0.25, -0.2) is 8.42 Å². The van der Waals surface area contributed by atoms with Crippen LogP contribution in [0.15, 0.2) is 58.3 Å². The standard InChI is InChI=1S/C15H16N2O3S/c1-11-5-2-3-8-14(11)21(19,20)13-7-4-6-12(9-13)17-15(18)10-16/h2-9H,10,16H2,1H3,(H,17,18). The summed E-state index contributed by atoms with van der Waals surface area (Å²) in [4.78, 5) is 11.7. The Hall–Kier alpha value is -2.18. The Morgan fingerprint density at radius 3 is 2.52 bits per heavy atom. The van der Waals surface area contributed by atoms with Gasteiger partial charge in [0.1, 0.15) is 0 Å². The number of hydrogen-bond donors (Lipinski definition) is 2. The van der Waals surface area contributed by atoms with E-state index >= 15 is 0 Å². The Bertz CT molecular complexity index is 770. The molecule has 0 radical (unpaired) electrons. The van der Waals surface area contributed by atoms with E-state index in [0.29, 0.717) is 11.3 Å². The first kappa shape index (κ1) is 15.2. The molecule has 0 saturated heterocycles. The zero-order valence-corrected chi connectivity index (χ0v) is 12.4. The minimum Gasteiger partial charge on any atom is -0.325 e. The SMILES string of the molecule is Cc1ccccc1S(=O)(=O)c1cccc(NC(=O)CN)c1. The first-order valence-corrected chi connectivity index (χ1v) is 7.84. The second-order valence-corrected chi connectivity index (χ2v) is 6.47. The van der Waals surface area contributed by atoms with E-state index in [1.807, 2.05) is 0 Å². The number of benzene rings is 2. The lowest BCUT2D eigenvalue weighted by Crippen LogP contribution is -2.21. The molecule has 0 heterocycles. The van der Waals surface area contributed by atoms with E-state index in [4.69, 9.17) is 5.73 Å². The molecule has 0 unspecified atom stereocenters. The highest BCUT2D eigenvalue weighted by Crippen LogP contribution is 2.25. The van der Waals surface area contributed by atoms with Gasteiger partial charge in [0.25, 0.3) is 0 Å². The summed E-state index contributed by atoms with van der Waals surface area (Å²) < 4.78 is 25.2. The molecule has 0 saturated carbocycles. The molecule has 0 aliphatic heterocycles. The third-order valence-electron chi connectivity index (χ3n) is 3.00. The minimum atomic E-state index is -3.62. The molecule has 5 nitrogen and oxygen atoms in total. The van der Waals surface area contributed by atoms with Gasteiger partial charge in [0.05, 0.1) is 16.3 Å². The van der Waals surface area contributed by atoms with Crippen LogP contribution in [0.2, 0.25) is 0 Å². The zero-order valence-electron chi connectivity index (χ0n) is 11.5. The number of amides is 1. The van der Waals surface area contributed by atoms with Crippen LogP contribution >= 0.6 is 0 Å². The van der Waals surface area contributed by atoms with Gasteiger partial charge in [0, 0.05) is 5.69 Å². The molecule has 2 rings (SSSR count). The quantitative estimate of drug-likeness (QED) is 0.900. The van der Waals surface area contributed by atoms with Gasteiger partial charge < -0.3 is 11.1 Å². The van der Waals surface area contributed by atoms with Gasteiger partial charge in [-0.3, -0.25) is 4.79 Å². The number of aryl methyl sites for hydroxylation is 1. The van der Waals surface area contributed by atoms with Crippen molar-refractivity contribution in [2.75, 3.05) is 11.9 Å². The maximum atomic E-state index is 12.6. The van der Waals surface area contributed by atoms with Gasteiger partial charge in [0.15, 0.2) is 0 Å². The van der Waals surface area contributed by atoms with Crippen molar-refractivity contribution in [2.45, 2.75) is 16.7 Å². The molecule has 110 valence electrons. The van der Waals surface area contributed by atoms with Crippen LogP contribution in [0.5, 0.6) is 0 Å². The predicted octanol–water partition coefficient (Wildman–Crippen LogP) is 1.73. The summed E-state index contributed by atoms with van der Waals surface area (Å²) in [6.45, 7) is 1.59. The molecule has 0 aliphatic rings. The molecule has 0 aliphatic carbocycles. The Morgan fingerprint density at radius 1 is 1.14 bits per heavy atom. The molecule has 0 bridgehead atoms. The Labute approximate surface area is 123 Å². The van der Waals surface area contributed by atoms with Crippen molar-refractivity contribution in [3.05, 3.63) is 54.1 Å². The lowest BCUT2D eigenvalue weighted by molar-refractivity contribution is -0.114. The normalized spacial score (nSPS) is 11.1. The van der Waals surface area contributed by atoms with Crippen LogP contribution in [0.1, 0.15) is 5.56 Å². The first-order valence-electron chi connectivity index (χ1n) is 6.36. The van der Waals surface area contributed by atoms with Gasteiger partial charge >= 0.3 is 0 Å². The Morgan fingerprint density at radius 2 is 1.86 bits per heavy atom. The number of nitrogens with two attached hydrogens (primary N) is 1. The fourth-order valence-electron chi connectivity index (χ4n) is 1.94. The second-order valence-electron chi connectivity index (χ2n) is 4.55. The van der Waals surface area contributed by atoms with Gasteiger partial charge in [-0.05, 0) is 36.8 Å². The number of rotatable bonds is 4. The van der Waals surface area contributed by atoms with Crippen molar-refractivity contribution in [1.82, 2.24) is 0 Å². The lowest BCUT2D eigenvalue weighted by atomic mass is 10.2. The van der Waals surface area contributed by atoms with E-state index in [1.54, 1.807) is 43.3 Å². The zero-order chi connectivity index (χ0) is 15.5. The fraction of sp³-hybridized carbons (Fsp3) is 0.133. The monoisotopic (exact) mass is 304 g/mol. The maximum absolute atomic E-state index is 12.6. The predicted molar refractivity (Wildman–Crippen MR) is 80.8 cm³/mol. The molecule has 0 aromatic heterocycles. The van der Waals surface area contributed by atoms with Crippen LogP contribution in [0.25, 0.3) is 0 Å². The third kappa shape index (κ3) is 3.29. The molecule has 3 N–H and O–H groups in total. The van der Waals surface area contributed by atoms with E-state index in [2.05, 4.69) is 5.32 Å². The summed E-state index contributed by atoms with van der Waals surface area (Å²) in [6.07, 6.45) is 0. The number of carbonyl (C=O) groups excluding carboxylic acids is 1. The van der Waals surface area contributed by atoms with Gasteiger partial charge in [-0.15, -0.1) is 0 Å². The fourth-order valence-corrected chi connectivity index (χ4v) is 3.48. The van der Waals surface area contributed by atoms with Gasteiger partial charge in [-0.1, -0.05) is 24.3 Å². The summed E-state index contributed by atoms with van der Waals surface area (Å²) in [5, 5.41) is 2.54. The average molecular weight is 304 g/mol.